The average Bonchev–Trinajstić information content (AvgIpc) is 1.49. The fraction of sp³-hybridized carbons (Fsp3) is 0. The second kappa shape index (κ2) is 21.3. The van der Waals surface area contributed by atoms with Gasteiger partial charge in [-0.3, -0.25) is 9.13 Å². The second-order valence-corrected chi connectivity index (χ2v) is 30.6. The quantitative estimate of drug-likeness (QED) is 0.0905. The minimum atomic E-state index is -3.09. The van der Waals surface area contributed by atoms with Gasteiger partial charge in [-0.2, -0.15) is 15.0 Å². The van der Waals surface area contributed by atoms with E-state index in [4.69, 9.17) is 15.0 Å². The van der Waals surface area contributed by atoms with E-state index in [2.05, 4.69) is 353 Å². The van der Waals surface area contributed by atoms with Crippen LogP contribution >= 0.6 is 0 Å². The lowest BCUT2D eigenvalue weighted by atomic mass is 10.1. The summed E-state index contributed by atoms with van der Waals surface area (Å²) in [6.45, 7) is 0. The molecule has 0 fully saturated rings. The third-order valence-electron chi connectivity index (χ3n) is 18.4. The molecule has 89 heavy (non-hydrogen) atoms. The summed E-state index contributed by atoms with van der Waals surface area (Å²) in [6.07, 6.45) is 0. The molecule has 4 aromatic heterocycles. The van der Waals surface area contributed by atoms with Crippen LogP contribution < -0.4 is 41.5 Å². The Balaban J connectivity index is 1.03. The number of para-hydroxylation sites is 4. The Morgan fingerprint density at radius 1 is 0.225 bits per heavy atom. The second-order valence-electron chi connectivity index (χ2n) is 23.0. The van der Waals surface area contributed by atoms with E-state index in [1.165, 1.54) is 41.5 Å². The molecule has 0 radical (unpaired) electrons. The molecule has 0 saturated carbocycles. The maximum atomic E-state index is 5.92. The number of benzene rings is 13. The molecule has 418 valence electrons. The largest absolute Gasteiger partial charge is 0.309 e. The van der Waals surface area contributed by atoms with E-state index in [1.807, 2.05) is 0 Å². The first-order valence-electron chi connectivity index (χ1n) is 30.4. The van der Waals surface area contributed by atoms with E-state index in [0.717, 1.165) is 76.7 Å². The maximum absolute atomic E-state index is 5.92. The monoisotopic (exact) mass is 1170 g/mol. The molecule has 0 saturated heterocycles. The van der Waals surface area contributed by atoms with E-state index >= 15 is 0 Å². The number of rotatable bonds is 12. The predicted octanol–water partition coefficient (Wildman–Crippen LogP) is 13.6. The zero-order valence-electron chi connectivity index (χ0n) is 48.5. The number of aromatic nitrogens is 6. The molecule has 0 bridgehead atoms. The lowest BCUT2D eigenvalue weighted by Crippen LogP contribution is -2.74. The minimum absolute atomic E-state index is 0.516. The molecule has 0 amide bonds. The Kier molecular flexibility index (Phi) is 12.5. The van der Waals surface area contributed by atoms with Crippen LogP contribution in [-0.4, -0.2) is 44.8 Å². The molecule has 0 N–H and O–H groups in total. The SMILES string of the molecule is c1ccc(-n2c3ccccc3c3c2ccc2c4ccc([Si](c5ccccc5)(c5ccccc5)c5ccccc5)cc4n(-c4nc(-c5cccc([Si](c6ccccc6)(c6ccccc6)c6ccccc6)c5)nc(-n5c6ccccc6c6ccccc65)n4)c23)cc1. The van der Waals surface area contributed by atoms with E-state index in [-0.39, 0.29) is 0 Å². The van der Waals surface area contributed by atoms with Gasteiger partial charge in [0.1, 0.15) is 0 Å². The molecule has 0 atom stereocenters. The Morgan fingerprint density at radius 2 is 0.596 bits per heavy atom. The zero-order chi connectivity index (χ0) is 58.9. The fourth-order valence-electron chi connectivity index (χ4n) is 14.7. The number of hydrogen-bond acceptors (Lipinski definition) is 3. The summed E-state index contributed by atoms with van der Waals surface area (Å²) in [5.41, 5.74) is 8.23. The first kappa shape index (κ1) is 52.1. The lowest BCUT2D eigenvalue weighted by molar-refractivity contribution is 0.894. The van der Waals surface area contributed by atoms with Crippen molar-refractivity contribution in [1.29, 1.82) is 0 Å². The molecule has 17 rings (SSSR count). The normalized spacial score (nSPS) is 12.0. The van der Waals surface area contributed by atoms with Crippen molar-refractivity contribution in [2.24, 2.45) is 0 Å². The van der Waals surface area contributed by atoms with Crippen molar-refractivity contribution in [3.8, 4) is 29.0 Å². The standard InChI is InChI=1S/C81H56N6Si2/c1-8-30-58(31-9-1)85-74-50-27-24-47-71(74)77-75(85)54-53-70-69-52-51-66(89(62-38-16-5-17-39-62,63-40-18-6-19-41-63)64-42-20-7-21-43-64)56-76(69)87(78(70)77)81-83-79(82-80(84-81)86-72-48-25-22-45-67(72)68-46-23-26-49-73(68)86)57-29-28-44-65(55-57)88(59-32-10-2-11-33-59,60-34-12-3-13-35-60)61-36-14-4-15-37-61/h1-56H. The van der Waals surface area contributed by atoms with Gasteiger partial charge in [-0.1, -0.05) is 297 Å². The third kappa shape index (κ3) is 8.11. The first-order valence-corrected chi connectivity index (χ1v) is 34.4. The van der Waals surface area contributed by atoms with Gasteiger partial charge in [-0.25, -0.2) is 0 Å². The zero-order valence-corrected chi connectivity index (χ0v) is 50.5. The smallest absolute Gasteiger partial charge is 0.240 e. The van der Waals surface area contributed by atoms with Crippen molar-refractivity contribution < 1.29 is 0 Å². The van der Waals surface area contributed by atoms with E-state index in [1.54, 1.807) is 0 Å². The molecule has 0 aliphatic rings. The van der Waals surface area contributed by atoms with Crippen molar-refractivity contribution >= 4 is 123 Å². The molecule has 8 heteroatoms. The van der Waals surface area contributed by atoms with Crippen molar-refractivity contribution in [2.45, 2.75) is 0 Å². The Bertz CT molecular complexity index is 5230. The summed E-state index contributed by atoms with van der Waals surface area (Å²) < 4.78 is 7.04. The number of fused-ring (bicyclic) bond motifs is 10. The molecule has 0 unspecified atom stereocenters. The molecular weight excluding hydrogens is 1110 g/mol. The number of hydrogen-bond donors (Lipinski definition) is 0. The van der Waals surface area contributed by atoms with Gasteiger partial charge in [-0.15, -0.1) is 0 Å². The highest BCUT2D eigenvalue weighted by atomic mass is 28.3. The van der Waals surface area contributed by atoms with Gasteiger partial charge in [0.15, 0.2) is 22.0 Å². The molecule has 4 heterocycles. The molecule has 6 nitrogen and oxygen atoms in total. The van der Waals surface area contributed by atoms with Crippen LogP contribution in [0.25, 0.3) is 94.4 Å². The molecule has 0 spiro atoms. The van der Waals surface area contributed by atoms with Crippen molar-refractivity contribution in [3.05, 3.63) is 340 Å². The highest BCUT2D eigenvalue weighted by Gasteiger charge is 2.43. The van der Waals surface area contributed by atoms with Gasteiger partial charge in [0.2, 0.25) is 11.9 Å². The summed E-state index contributed by atoms with van der Waals surface area (Å²) in [6, 6.07) is 125. The van der Waals surface area contributed by atoms with Crippen LogP contribution in [-0.2, 0) is 0 Å². The fourth-order valence-corrected chi connectivity index (χ4v) is 24.3. The maximum Gasteiger partial charge on any atom is 0.240 e. The Morgan fingerprint density at radius 3 is 1.08 bits per heavy atom. The summed E-state index contributed by atoms with van der Waals surface area (Å²) in [5.74, 6) is 1.61. The molecule has 13 aromatic carbocycles. The van der Waals surface area contributed by atoms with Crippen LogP contribution in [0.5, 0.6) is 0 Å². The van der Waals surface area contributed by atoms with E-state index < -0.39 is 16.1 Å². The van der Waals surface area contributed by atoms with E-state index in [0.29, 0.717) is 17.7 Å². The van der Waals surface area contributed by atoms with E-state index in [9.17, 15) is 0 Å². The van der Waals surface area contributed by atoms with Gasteiger partial charge in [0, 0.05) is 43.6 Å². The summed E-state index contributed by atoms with van der Waals surface area (Å²) in [5, 5.41) is 16.9. The number of nitrogens with zero attached hydrogens (tertiary/aromatic N) is 6. The average molecular weight is 1170 g/mol. The van der Waals surface area contributed by atoms with Gasteiger partial charge in [0.25, 0.3) is 0 Å². The predicted molar refractivity (Wildman–Crippen MR) is 376 cm³/mol. The van der Waals surface area contributed by atoms with Gasteiger partial charge in [-0.05, 0) is 84.0 Å². The van der Waals surface area contributed by atoms with Crippen LogP contribution in [0.4, 0.5) is 0 Å². The topological polar surface area (TPSA) is 53.5 Å². The molecule has 17 aromatic rings. The first-order chi connectivity index (χ1) is 44.2. The summed E-state index contributed by atoms with van der Waals surface area (Å²) in [4.78, 5) is 17.6. The van der Waals surface area contributed by atoms with Crippen molar-refractivity contribution in [1.82, 2.24) is 28.7 Å². The van der Waals surface area contributed by atoms with Crippen molar-refractivity contribution in [2.75, 3.05) is 0 Å². The summed E-state index contributed by atoms with van der Waals surface area (Å²) in [7, 11) is -6.10. The van der Waals surface area contributed by atoms with Gasteiger partial charge in [0.05, 0.1) is 33.1 Å². The summed E-state index contributed by atoms with van der Waals surface area (Å²) >= 11 is 0. The van der Waals surface area contributed by atoms with Crippen LogP contribution in [0.3, 0.4) is 0 Å². The Hall–Kier alpha value is -11.3. The van der Waals surface area contributed by atoms with Crippen molar-refractivity contribution in [3.63, 3.8) is 0 Å². The van der Waals surface area contributed by atoms with Gasteiger partial charge >= 0.3 is 0 Å². The highest BCUT2D eigenvalue weighted by molar-refractivity contribution is 7.20. The minimum Gasteiger partial charge on any atom is -0.309 e. The molecule has 0 aliphatic carbocycles. The highest BCUT2D eigenvalue weighted by Crippen LogP contribution is 2.42. The van der Waals surface area contributed by atoms with Crippen LogP contribution in [0, 0.1) is 0 Å². The van der Waals surface area contributed by atoms with Crippen LogP contribution in [0.15, 0.2) is 340 Å². The third-order valence-corrected chi connectivity index (χ3v) is 27.9. The van der Waals surface area contributed by atoms with Crippen LogP contribution in [0.1, 0.15) is 0 Å². The molecular formula is C81H56N6Si2. The molecule has 0 aliphatic heterocycles. The Labute approximate surface area is 517 Å². The lowest BCUT2D eigenvalue weighted by Gasteiger charge is -2.34. The van der Waals surface area contributed by atoms with Gasteiger partial charge < -0.3 is 4.57 Å². The van der Waals surface area contributed by atoms with Crippen LogP contribution in [0.2, 0.25) is 0 Å².